The third-order valence-corrected chi connectivity index (χ3v) is 5.27. The van der Waals surface area contributed by atoms with Crippen LogP contribution in [0.25, 0.3) is 0 Å². The number of rotatable bonds is 4. The van der Waals surface area contributed by atoms with Gasteiger partial charge >= 0.3 is 0 Å². The first-order valence-corrected chi connectivity index (χ1v) is 9.16. The van der Waals surface area contributed by atoms with Crippen LogP contribution < -0.4 is 11.1 Å². The maximum absolute atomic E-state index is 6.11. The number of aliphatic imine (C=N–C) groups is 1. The molecule has 3 N–H and O–H groups in total. The molecule has 1 aliphatic carbocycles. The van der Waals surface area contributed by atoms with Gasteiger partial charge in [-0.3, -0.25) is 9.89 Å². The highest BCUT2D eigenvalue weighted by Crippen LogP contribution is 2.27. The van der Waals surface area contributed by atoms with Crippen molar-refractivity contribution < 1.29 is 0 Å². The smallest absolute Gasteiger partial charge is 0.193 e. The first-order valence-electron chi connectivity index (χ1n) is 9.16. The summed E-state index contributed by atoms with van der Waals surface area (Å²) in [7, 11) is 0. The predicted molar refractivity (Wildman–Crippen MR) is 98.1 cm³/mol. The number of nitrogens with zero attached hydrogens (tertiary/aromatic N) is 2. The molecular formula is C19H30N4. The standard InChI is InChI=1S/C19H30N4/c1-15-7-4-5-13-23(15)14-12-21-19(20)22-18-11-6-9-16-8-2-3-10-17(16)18/h6,9,11,15H,2-5,7-8,10,12-14H2,1H3,(H3,20,21,22). The van der Waals surface area contributed by atoms with E-state index in [-0.39, 0.29) is 0 Å². The van der Waals surface area contributed by atoms with E-state index in [1.807, 2.05) is 0 Å². The van der Waals surface area contributed by atoms with Gasteiger partial charge in [-0.25, -0.2) is 0 Å². The number of nitrogens with one attached hydrogen (secondary N) is 1. The van der Waals surface area contributed by atoms with Crippen molar-refractivity contribution in [1.82, 2.24) is 4.90 Å². The van der Waals surface area contributed by atoms with Gasteiger partial charge in [-0.15, -0.1) is 0 Å². The summed E-state index contributed by atoms with van der Waals surface area (Å²) in [5.74, 6) is 0.550. The second-order valence-corrected chi connectivity index (χ2v) is 6.92. The molecule has 1 atom stereocenters. The van der Waals surface area contributed by atoms with Crippen molar-refractivity contribution in [2.24, 2.45) is 10.7 Å². The molecule has 0 radical (unpaired) electrons. The van der Waals surface area contributed by atoms with Gasteiger partial charge in [-0.1, -0.05) is 18.6 Å². The van der Waals surface area contributed by atoms with Crippen molar-refractivity contribution in [3.05, 3.63) is 29.3 Å². The molecule has 1 aliphatic heterocycles. The van der Waals surface area contributed by atoms with Crippen LogP contribution in [0.15, 0.2) is 23.2 Å². The normalized spacial score (nSPS) is 22.7. The fourth-order valence-electron chi connectivity index (χ4n) is 3.86. The van der Waals surface area contributed by atoms with Crippen LogP contribution in [-0.4, -0.2) is 36.5 Å². The Bertz CT molecular complexity index is 552. The molecule has 126 valence electrons. The van der Waals surface area contributed by atoms with E-state index >= 15 is 0 Å². The molecule has 0 amide bonds. The summed E-state index contributed by atoms with van der Waals surface area (Å²) in [5.41, 5.74) is 10.2. The van der Waals surface area contributed by atoms with Crippen LogP contribution in [0.4, 0.5) is 5.69 Å². The van der Waals surface area contributed by atoms with Crippen LogP contribution >= 0.6 is 0 Å². The van der Waals surface area contributed by atoms with Gasteiger partial charge < -0.3 is 11.1 Å². The Labute approximate surface area is 140 Å². The Balaban J connectivity index is 1.55. The molecule has 4 heteroatoms. The molecule has 2 aliphatic rings. The van der Waals surface area contributed by atoms with Crippen molar-refractivity contribution >= 4 is 11.6 Å². The molecule has 1 unspecified atom stereocenters. The van der Waals surface area contributed by atoms with Crippen LogP contribution in [0.2, 0.25) is 0 Å². The maximum atomic E-state index is 6.11. The van der Waals surface area contributed by atoms with Crippen molar-refractivity contribution in [2.75, 3.05) is 25.0 Å². The monoisotopic (exact) mass is 314 g/mol. The summed E-state index contributed by atoms with van der Waals surface area (Å²) < 4.78 is 0. The predicted octanol–water partition coefficient (Wildman–Crippen LogP) is 3.17. The zero-order valence-corrected chi connectivity index (χ0v) is 14.4. The summed E-state index contributed by atoms with van der Waals surface area (Å²) in [4.78, 5) is 7.07. The molecule has 0 aromatic heterocycles. The highest BCUT2D eigenvalue weighted by atomic mass is 15.2. The largest absolute Gasteiger partial charge is 0.370 e. The third kappa shape index (κ3) is 4.25. The quantitative estimate of drug-likeness (QED) is 0.663. The van der Waals surface area contributed by atoms with E-state index < -0.39 is 0 Å². The number of likely N-dealkylation sites (tertiary alicyclic amines) is 1. The topological polar surface area (TPSA) is 53.6 Å². The Hall–Kier alpha value is -1.55. The maximum Gasteiger partial charge on any atom is 0.193 e. The lowest BCUT2D eigenvalue weighted by Gasteiger charge is -2.32. The summed E-state index contributed by atoms with van der Waals surface area (Å²) in [6.45, 7) is 5.31. The lowest BCUT2D eigenvalue weighted by atomic mass is 9.90. The molecule has 0 spiro atoms. The second-order valence-electron chi connectivity index (χ2n) is 6.92. The Morgan fingerprint density at radius 2 is 2.13 bits per heavy atom. The van der Waals surface area contributed by atoms with Crippen molar-refractivity contribution in [3.8, 4) is 0 Å². The Kier molecular flexibility index (Phi) is 5.55. The van der Waals surface area contributed by atoms with Crippen LogP contribution in [0, 0.1) is 0 Å². The summed E-state index contributed by atoms with van der Waals surface area (Å²) in [6.07, 6.45) is 8.91. The van der Waals surface area contributed by atoms with Gasteiger partial charge in [0.15, 0.2) is 5.96 Å². The number of benzene rings is 1. The van der Waals surface area contributed by atoms with E-state index in [2.05, 4.69) is 40.3 Å². The number of anilines is 1. The van der Waals surface area contributed by atoms with Gasteiger partial charge in [-0.2, -0.15) is 0 Å². The Morgan fingerprint density at radius 3 is 3.00 bits per heavy atom. The van der Waals surface area contributed by atoms with Crippen molar-refractivity contribution in [1.29, 1.82) is 0 Å². The molecule has 1 saturated heterocycles. The van der Waals surface area contributed by atoms with E-state index in [1.165, 1.54) is 56.2 Å². The highest BCUT2D eigenvalue weighted by Gasteiger charge is 2.17. The van der Waals surface area contributed by atoms with Gasteiger partial charge in [0.05, 0.1) is 6.54 Å². The van der Waals surface area contributed by atoms with Gasteiger partial charge in [0.1, 0.15) is 0 Å². The lowest BCUT2D eigenvalue weighted by Crippen LogP contribution is -2.39. The van der Waals surface area contributed by atoms with Crippen LogP contribution in [0.3, 0.4) is 0 Å². The molecule has 23 heavy (non-hydrogen) atoms. The molecule has 0 saturated carbocycles. The van der Waals surface area contributed by atoms with E-state index in [1.54, 1.807) is 0 Å². The number of aryl methyl sites for hydroxylation is 1. The SMILES string of the molecule is CC1CCCCN1CCN=C(N)Nc1cccc2c1CCCC2. The second kappa shape index (κ2) is 7.82. The molecule has 0 bridgehead atoms. The highest BCUT2D eigenvalue weighted by molar-refractivity contribution is 5.93. The molecule has 3 rings (SSSR count). The van der Waals surface area contributed by atoms with Crippen molar-refractivity contribution in [3.63, 3.8) is 0 Å². The third-order valence-electron chi connectivity index (χ3n) is 5.27. The van der Waals surface area contributed by atoms with Gasteiger partial charge in [-0.05, 0) is 69.2 Å². The fraction of sp³-hybridized carbons (Fsp3) is 0.632. The minimum Gasteiger partial charge on any atom is -0.370 e. The first kappa shape index (κ1) is 16.3. The van der Waals surface area contributed by atoms with E-state index in [4.69, 9.17) is 5.73 Å². The minimum atomic E-state index is 0.550. The average molecular weight is 314 g/mol. The molecule has 1 aromatic carbocycles. The average Bonchev–Trinajstić information content (AvgIpc) is 2.57. The first-order chi connectivity index (χ1) is 11.2. The number of hydrogen-bond acceptors (Lipinski definition) is 2. The van der Waals surface area contributed by atoms with E-state index in [0.29, 0.717) is 12.0 Å². The lowest BCUT2D eigenvalue weighted by molar-refractivity contribution is 0.166. The fourth-order valence-corrected chi connectivity index (χ4v) is 3.86. The minimum absolute atomic E-state index is 0.550. The number of fused-ring (bicyclic) bond motifs is 1. The summed E-state index contributed by atoms with van der Waals surface area (Å²) >= 11 is 0. The van der Waals surface area contributed by atoms with E-state index in [9.17, 15) is 0 Å². The van der Waals surface area contributed by atoms with E-state index in [0.717, 1.165) is 25.2 Å². The summed E-state index contributed by atoms with van der Waals surface area (Å²) in [5, 5.41) is 3.33. The zero-order chi connectivity index (χ0) is 16.1. The number of piperidine rings is 1. The summed E-state index contributed by atoms with van der Waals surface area (Å²) in [6, 6.07) is 7.17. The number of hydrogen-bond donors (Lipinski definition) is 2. The molecule has 1 heterocycles. The number of nitrogens with two attached hydrogens (primary N) is 1. The zero-order valence-electron chi connectivity index (χ0n) is 14.4. The van der Waals surface area contributed by atoms with Crippen LogP contribution in [0.1, 0.15) is 50.2 Å². The Morgan fingerprint density at radius 1 is 1.26 bits per heavy atom. The molecular weight excluding hydrogens is 284 g/mol. The van der Waals surface area contributed by atoms with Gasteiger partial charge in [0.2, 0.25) is 0 Å². The van der Waals surface area contributed by atoms with Crippen LogP contribution in [0.5, 0.6) is 0 Å². The molecule has 1 fully saturated rings. The van der Waals surface area contributed by atoms with Crippen LogP contribution in [-0.2, 0) is 12.8 Å². The number of guanidine groups is 1. The van der Waals surface area contributed by atoms with Gasteiger partial charge in [0.25, 0.3) is 0 Å². The molecule has 1 aromatic rings. The molecule has 4 nitrogen and oxygen atoms in total. The van der Waals surface area contributed by atoms with Gasteiger partial charge in [0, 0.05) is 18.3 Å². The van der Waals surface area contributed by atoms with Crippen molar-refractivity contribution in [2.45, 2.75) is 57.9 Å².